The maximum absolute atomic E-state index is 12.4. The molecular formula is C15H23ClN2O2. The van der Waals surface area contributed by atoms with E-state index in [1.807, 2.05) is 38.1 Å². The summed E-state index contributed by atoms with van der Waals surface area (Å²) < 4.78 is 5.35. The Morgan fingerprint density at radius 3 is 2.60 bits per heavy atom. The van der Waals surface area contributed by atoms with Crippen molar-refractivity contribution in [3.63, 3.8) is 0 Å². The number of ether oxygens (including phenoxy) is 1. The molecule has 0 atom stereocenters. The van der Waals surface area contributed by atoms with Gasteiger partial charge in [-0.3, -0.25) is 4.79 Å². The quantitative estimate of drug-likeness (QED) is 0.870. The SMILES string of the molecule is COc1ccccc1C(C)(C)C(=O)NCC1CNC1.Cl. The maximum Gasteiger partial charge on any atom is 0.230 e. The molecule has 5 heteroatoms. The fourth-order valence-electron chi connectivity index (χ4n) is 2.23. The lowest BCUT2D eigenvalue weighted by Crippen LogP contribution is -2.50. The summed E-state index contributed by atoms with van der Waals surface area (Å²) in [6.07, 6.45) is 0. The largest absolute Gasteiger partial charge is 0.496 e. The first kappa shape index (κ1) is 16.8. The van der Waals surface area contributed by atoms with Crippen molar-refractivity contribution in [1.82, 2.24) is 10.6 Å². The van der Waals surface area contributed by atoms with E-state index < -0.39 is 5.41 Å². The molecule has 0 unspecified atom stereocenters. The van der Waals surface area contributed by atoms with E-state index in [4.69, 9.17) is 4.74 Å². The van der Waals surface area contributed by atoms with E-state index in [1.165, 1.54) is 0 Å². The van der Waals surface area contributed by atoms with E-state index in [2.05, 4.69) is 10.6 Å². The van der Waals surface area contributed by atoms with Crippen LogP contribution in [0.4, 0.5) is 0 Å². The van der Waals surface area contributed by atoms with Gasteiger partial charge in [0.15, 0.2) is 0 Å². The lowest BCUT2D eigenvalue weighted by molar-refractivity contribution is -0.126. The summed E-state index contributed by atoms with van der Waals surface area (Å²) in [5, 5.41) is 6.24. The molecular weight excluding hydrogens is 276 g/mol. The third kappa shape index (κ3) is 3.44. The molecule has 0 spiro atoms. The predicted molar refractivity (Wildman–Crippen MR) is 82.6 cm³/mol. The van der Waals surface area contributed by atoms with Crippen LogP contribution in [-0.4, -0.2) is 32.7 Å². The van der Waals surface area contributed by atoms with Gasteiger partial charge in [0.1, 0.15) is 5.75 Å². The fourth-order valence-corrected chi connectivity index (χ4v) is 2.23. The summed E-state index contributed by atoms with van der Waals surface area (Å²) in [7, 11) is 1.63. The summed E-state index contributed by atoms with van der Waals surface area (Å²) in [4.78, 5) is 12.4. The van der Waals surface area contributed by atoms with Crippen molar-refractivity contribution in [3.05, 3.63) is 29.8 Å². The van der Waals surface area contributed by atoms with Crippen LogP contribution < -0.4 is 15.4 Å². The second-order valence-corrected chi connectivity index (χ2v) is 5.56. The minimum atomic E-state index is -0.593. The Kier molecular flexibility index (Phi) is 5.84. The standard InChI is InChI=1S/C15H22N2O2.ClH/c1-15(2,12-6-4-5-7-13(12)19-3)14(18)17-10-11-8-16-9-11;/h4-7,11,16H,8-10H2,1-3H3,(H,17,18);1H. The van der Waals surface area contributed by atoms with E-state index in [9.17, 15) is 4.79 Å². The highest BCUT2D eigenvalue weighted by Gasteiger charge is 2.33. The van der Waals surface area contributed by atoms with Crippen molar-refractivity contribution in [3.8, 4) is 5.75 Å². The van der Waals surface area contributed by atoms with Crippen molar-refractivity contribution in [1.29, 1.82) is 0 Å². The third-order valence-electron chi connectivity index (χ3n) is 3.77. The van der Waals surface area contributed by atoms with E-state index in [0.717, 1.165) is 30.9 Å². The van der Waals surface area contributed by atoms with E-state index in [-0.39, 0.29) is 18.3 Å². The van der Waals surface area contributed by atoms with Gasteiger partial charge in [-0.15, -0.1) is 12.4 Å². The molecule has 4 nitrogen and oxygen atoms in total. The van der Waals surface area contributed by atoms with Crippen molar-refractivity contribution in [2.75, 3.05) is 26.7 Å². The number of carbonyl (C=O) groups excluding carboxylic acids is 1. The Labute approximate surface area is 126 Å². The minimum Gasteiger partial charge on any atom is -0.496 e. The Morgan fingerprint density at radius 1 is 1.40 bits per heavy atom. The second-order valence-electron chi connectivity index (χ2n) is 5.56. The van der Waals surface area contributed by atoms with Crippen molar-refractivity contribution in [2.24, 2.45) is 5.92 Å². The van der Waals surface area contributed by atoms with Crippen LogP contribution in [0.25, 0.3) is 0 Å². The number of halogens is 1. The van der Waals surface area contributed by atoms with Gasteiger partial charge in [-0.2, -0.15) is 0 Å². The number of nitrogens with one attached hydrogen (secondary N) is 2. The molecule has 2 N–H and O–H groups in total. The molecule has 0 aromatic heterocycles. The third-order valence-corrected chi connectivity index (χ3v) is 3.77. The van der Waals surface area contributed by atoms with Gasteiger partial charge in [-0.1, -0.05) is 18.2 Å². The zero-order chi connectivity index (χ0) is 13.9. The number of amides is 1. The molecule has 0 radical (unpaired) electrons. The molecule has 1 aliphatic rings. The molecule has 1 aromatic rings. The second kappa shape index (κ2) is 6.95. The van der Waals surface area contributed by atoms with E-state index in [1.54, 1.807) is 7.11 Å². The first-order valence-electron chi connectivity index (χ1n) is 6.68. The summed E-state index contributed by atoms with van der Waals surface area (Å²) in [5.41, 5.74) is 0.325. The topological polar surface area (TPSA) is 50.4 Å². The average molecular weight is 299 g/mol. The molecule has 1 fully saturated rings. The zero-order valence-corrected chi connectivity index (χ0v) is 13.0. The van der Waals surface area contributed by atoms with Gasteiger partial charge in [0.25, 0.3) is 0 Å². The van der Waals surface area contributed by atoms with Gasteiger partial charge in [0, 0.05) is 31.1 Å². The first-order valence-corrected chi connectivity index (χ1v) is 6.68. The Hall–Kier alpha value is -1.26. The smallest absolute Gasteiger partial charge is 0.230 e. The van der Waals surface area contributed by atoms with Crippen LogP contribution in [0.1, 0.15) is 19.4 Å². The van der Waals surface area contributed by atoms with E-state index >= 15 is 0 Å². The van der Waals surface area contributed by atoms with Gasteiger partial charge in [-0.05, 0) is 19.9 Å². The first-order chi connectivity index (χ1) is 9.05. The monoisotopic (exact) mass is 298 g/mol. The van der Waals surface area contributed by atoms with Crippen LogP contribution >= 0.6 is 12.4 Å². The number of benzene rings is 1. The fraction of sp³-hybridized carbons (Fsp3) is 0.533. The number of rotatable bonds is 5. The summed E-state index contributed by atoms with van der Waals surface area (Å²) in [6, 6.07) is 7.68. The minimum absolute atomic E-state index is 0. The van der Waals surface area contributed by atoms with Gasteiger partial charge in [0.2, 0.25) is 5.91 Å². The van der Waals surface area contributed by atoms with Crippen LogP contribution in [0, 0.1) is 5.92 Å². The zero-order valence-electron chi connectivity index (χ0n) is 12.2. The molecule has 2 rings (SSSR count). The lowest BCUT2D eigenvalue weighted by atomic mass is 9.83. The predicted octanol–water partition coefficient (Wildman–Crippen LogP) is 1.73. The maximum atomic E-state index is 12.4. The van der Waals surface area contributed by atoms with Crippen LogP contribution in [0.3, 0.4) is 0 Å². The Balaban J connectivity index is 0.00000200. The molecule has 1 amide bonds. The normalized spacial score (nSPS) is 14.9. The number of hydrogen-bond donors (Lipinski definition) is 2. The van der Waals surface area contributed by atoms with Gasteiger partial charge < -0.3 is 15.4 Å². The molecule has 1 saturated heterocycles. The van der Waals surface area contributed by atoms with Crippen LogP contribution in [0.5, 0.6) is 5.75 Å². The Bertz CT molecular complexity index is 459. The lowest BCUT2D eigenvalue weighted by Gasteiger charge is -2.30. The van der Waals surface area contributed by atoms with Gasteiger partial charge in [0.05, 0.1) is 12.5 Å². The molecule has 0 saturated carbocycles. The number of carbonyl (C=O) groups is 1. The van der Waals surface area contributed by atoms with Gasteiger partial charge >= 0.3 is 0 Å². The van der Waals surface area contributed by atoms with Crippen molar-refractivity contribution in [2.45, 2.75) is 19.3 Å². The van der Waals surface area contributed by atoms with Crippen LogP contribution in [0.2, 0.25) is 0 Å². The summed E-state index contributed by atoms with van der Waals surface area (Å²) in [5.74, 6) is 1.37. The summed E-state index contributed by atoms with van der Waals surface area (Å²) >= 11 is 0. The van der Waals surface area contributed by atoms with Crippen molar-refractivity contribution >= 4 is 18.3 Å². The van der Waals surface area contributed by atoms with E-state index in [0.29, 0.717) is 5.92 Å². The molecule has 0 bridgehead atoms. The highest BCUT2D eigenvalue weighted by molar-refractivity contribution is 5.88. The molecule has 1 heterocycles. The average Bonchev–Trinajstić information content (AvgIpc) is 2.36. The molecule has 1 aromatic carbocycles. The molecule has 112 valence electrons. The summed E-state index contributed by atoms with van der Waals surface area (Å²) in [6.45, 7) is 6.59. The Morgan fingerprint density at radius 2 is 2.05 bits per heavy atom. The van der Waals surface area contributed by atoms with Crippen LogP contribution in [-0.2, 0) is 10.2 Å². The van der Waals surface area contributed by atoms with Crippen LogP contribution in [0.15, 0.2) is 24.3 Å². The molecule has 1 aliphatic heterocycles. The van der Waals surface area contributed by atoms with Gasteiger partial charge in [-0.25, -0.2) is 0 Å². The highest BCUT2D eigenvalue weighted by atomic mass is 35.5. The highest BCUT2D eigenvalue weighted by Crippen LogP contribution is 2.31. The molecule has 0 aliphatic carbocycles. The van der Waals surface area contributed by atoms with Crippen molar-refractivity contribution < 1.29 is 9.53 Å². The molecule has 20 heavy (non-hydrogen) atoms. The number of para-hydroxylation sites is 1. The number of methoxy groups -OCH3 is 1. The number of hydrogen-bond acceptors (Lipinski definition) is 3.